The highest BCUT2D eigenvalue weighted by Gasteiger charge is 2.35. The molecule has 2 heteroatoms. The lowest BCUT2D eigenvalue weighted by molar-refractivity contribution is 0.577. The summed E-state index contributed by atoms with van der Waals surface area (Å²) in [6, 6.07) is 32.5. The Bertz CT molecular complexity index is 932. The fourth-order valence-corrected chi connectivity index (χ4v) is 6.88. The second-order valence-corrected chi connectivity index (χ2v) is 9.54. The van der Waals surface area contributed by atoms with Crippen LogP contribution in [0.2, 0.25) is 0 Å². The first-order valence-electron chi connectivity index (χ1n) is 9.35. The molecule has 3 atom stereocenters. The largest absolute Gasteiger partial charge is 0.198 e. The first kappa shape index (κ1) is 17.7. The van der Waals surface area contributed by atoms with Crippen LogP contribution in [0, 0.1) is 17.2 Å². The lowest BCUT2D eigenvalue weighted by Crippen LogP contribution is -2.29. The molecule has 4 rings (SSSR count). The van der Waals surface area contributed by atoms with Gasteiger partial charge in [-0.3, -0.25) is 0 Å². The lowest BCUT2D eigenvalue weighted by Gasteiger charge is -2.35. The monoisotopic (exact) mass is 367 g/mol. The maximum absolute atomic E-state index is 10.0. The number of fused-ring (bicyclic) bond motifs is 1. The van der Waals surface area contributed by atoms with Gasteiger partial charge in [0.2, 0.25) is 0 Å². The van der Waals surface area contributed by atoms with Crippen molar-refractivity contribution in [2.75, 3.05) is 0 Å². The number of hydrogen-bond acceptors (Lipinski definition) is 1. The quantitative estimate of drug-likeness (QED) is 0.562. The minimum absolute atomic E-state index is 0.0985. The van der Waals surface area contributed by atoms with Crippen molar-refractivity contribution in [1.29, 1.82) is 5.26 Å². The average Bonchev–Trinajstić information content (AvgIpc) is 2.74. The Balaban J connectivity index is 1.77. The van der Waals surface area contributed by atoms with Gasteiger partial charge in [-0.25, -0.2) is 0 Å². The van der Waals surface area contributed by atoms with Crippen LogP contribution in [0.15, 0.2) is 91.0 Å². The van der Waals surface area contributed by atoms with E-state index < -0.39 is 7.92 Å². The molecule has 0 saturated heterocycles. The molecule has 3 aromatic rings. The number of allylic oxidation sites excluding steroid dienone is 1. The van der Waals surface area contributed by atoms with Gasteiger partial charge >= 0.3 is 0 Å². The van der Waals surface area contributed by atoms with Crippen molar-refractivity contribution in [2.45, 2.75) is 18.5 Å². The van der Waals surface area contributed by atoms with E-state index in [2.05, 4.69) is 97.9 Å². The van der Waals surface area contributed by atoms with E-state index in [0.717, 1.165) is 5.56 Å². The van der Waals surface area contributed by atoms with Gasteiger partial charge < -0.3 is 0 Å². The van der Waals surface area contributed by atoms with Crippen molar-refractivity contribution >= 4 is 24.6 Å². The molecule has 0 bridgehead atoms. The van der Waals surface area contributed by atoms with Gasteiger partial charge in [-0.1, -0.05) is 104 Å². The Morgan fingerprint density at radius 2 is 1.37 bits per heavy atom. The minimum atomic E-state index is -0.559. The summed E-state index contributed by atoms with van der Waals surface area (Å²) in [7, 11) is -0.559. The molecule has 3 aromatic carbocycles. The molecule has 0 N–H and O–H groups in total. The third-order valence-electron chi connectivity index (χ3n) is 5.39. The molecule has 0 amide bonds. The molecule has 3 unspecified atom stereocenters. The van der Waals surface area contributed by atoms with E-state index in [1.807, 2.05) is 12.1 Å². The van der Waals surface area contributed by atoms with E-state index in [1.165, 1.54) is 16.2 Å². The molecule has 0 spiro atoms. The zero-order chi connectivity index (χ0) is 18.6. The maximum atomic E-state index is 10.0. The summed E-state index contributed by atoms with van der Waals surface area (Å²) >= 11 is 0. The molecule has 1 aliphatic rings. The highest BCUT2D eigenvalue weighted by molar-refractivity contribution is 7.73. The van der Waals surface area contributed by atoms with E-state index in [-0.39, 0.29) is 11.8 Å². The third-order valence-corrected chi connectivity index (χ3v) is 8.25. The van der Waals surface area contributed by atoms with Crippen molar-refractivity contribution in [3.05, 3.63) is 102 Å². The Labute approximate surface area is 162 Å². The molecule has 1 aliphatic carbocycles. The standard InChI is InChI=1S/C25H22NP/c1-19(23-17-16-20-10-8-9-15-24(20)25(23)18-26)27(21-11-4-2-5-12-21)22-13-6-3-7-14-22/h2-17,19,23,25H,1H3. The van der Waals surface area contributed by atoms with Gasteiger partial charge in [0.05, 0.1) is 12.0 Å². The molecule has 0 aromatic heterocycles. The summed E-state index contributed by atoms with van der Waals surface area (Å²) in [5.41, 5.74) is 2.70. The van der Waals surface area contributed by atoms with E-state index in [4.69, 9.17) is 0 Å². The molecule has 27 heavy (non-hydrogen) atoms. The number of hydrogen-bond donors (Lipinski definition) is 0. The molecule has 1 nitrogen and oxygen atoms in total. The predicted molar refractivity (Wildman–Crippen MR) is 116 cm³/mol. The van der Waals surface area contributed by atoms with Gasteiger partial charge in [-0.2, -0.15) is 5.26 Å². The average molecular weight is 367 g/mol. The second kappa shape index (κ2) is 7.91. The molecule has 0 fully saturated rings. The zero-order valence-corrected chi connectivity index (χ0v) is 16.3. The fourth-order valence-electron chi connectivity index (χ4n) is 4.04. The van der Waals surface area contributed by atoms with Crippen LogP contribution in [0.1, 0.15) is 24.0 Å². The first-order valence-corrected chi connectivity index (χ1v) is 10.8. The third kappa shape index (κ3) is 3.46. The SMILES string of the molecule is CC(C1C=Cc2ccccc2C1C#N)P(c1ccccc1)c1ccccc1. The van der Waals surface area contributed by atoms with Crippen molar-refractivity contribution in [1.82, 2.24) is 0 Å². The molecule has 0 heterocycles. The molecule has 0 radical (unpaired) electrons. The van der Waals surface area contributed by atoms with Gasteiger partial charge in [0.1, 0.15) is 0 Å². The van der Waals surface area contributed by atoms with Gasteiger partial charge in [0.25, 0.3) is 0 Å². The zero-order valence-electron chi connectivity index (χ0n) is 15.4. The van der Waals surface area contributed by atoms with Gasteiger partial charge in [0.15, 0.2) is 0 Å². The molecule has 132 valence electrons. The van der Waals surface area contributed by atoms with Crippen LogP contribution in [0.25, 0.3) is 6.08 Å². The summed E-state index contributed by atoms with van der Waals surface area (Å²) < 4.78 is 0. The number of nitriles is 1. The number of nitrogens with zero attached hydrogens (tertiary/aromatic N) is 1. The van der Waals surface area contributed by atoms with E-state index in [0.29, 0.717) is 5.66 Å². The topological polar surface area (TPSA) is 23.8 Å². The van der Waals surface area contributed by atoms with Gasteiger partial charge in [0, 0.05) is 5.92 Å². The normalized spacial score (nSPS) is 19.3. The highest BCUT2D eigenvalue weighted by Crippen LogP contribution is 2.48. The predicted octanol–water partition coefficient (Wildman–Crippen LogP) is 5.46. The summed E-state index contributed by atoms with van der Waals surface area (Å²) in [5.74, 6) is 0.107. The lowest BCUT2D eigenvalue weighted by atomic mass is 9.79. The van der Waals surface area contributed by atoms with Crippen LogP contribution in [0.3, 0.4) is 0 Å². The van der Waals surface area contributed by atoms with Crippen LogP contribution in [0.4, 0.5) is 0 Å². The molecule has 0 aliphatic heterocycles. The molecular formula is C25H22NP. The van der Waals surface area contributed by atoms with Crippen LogP contribution in [-0.4, -0.2) is 5.66 Å². The smallest absolute Gasteiger partial charge is 0.0787 e. The summed E-state index contributed by atoms with van der Waals surface area (Å²) in [4.78, 5) is 0. The Morgan fingerprint density at radius 1 is 0.815 bits per heavy atom. The second-order valence-electron chi connectivity index (χ2n) is 6.95. The summed E-state index contributed by atoms with van der Waals surface area (Å²) in [5, 5.41) is 12.7. The van der Waals surface area contributed by atoms with Gasteiger partial charge in [-0.15, -0.1) is 0 Å². The molecule has 0 saturated carbocycles. The Hall–Kier alpha value is -2.68. The van der Waals surface area contributed by atoms with Gasteiger partial charge in [-0.05, 0) is 35.3 Å². The number of rotatable bonds is 4. The summed E-state index contributed by atoms with van der Waals surface area (Å²) in [6.07, 6.45) is 4.47. The number of benzene rings is 3. The van der Waals surface area contributed by atoms with Crippen LogP contribution in [-0.2, 0) is 0 Å². The first-order chi connectivity index (χ1) is 13.3. The fraction of sp³-hybridized carbons (Fsp3) is 0.160. The minimum Gasteiger partial charge on any atom is -0.198 e. The maximum Gasteiger partial charge on any atom is 0.0787 e. The van der Waals surface area contributed by atoms with Crippen LogP contribution < -0.4 is 10.6 Å². The van der Waals surface area contributed by atoms with Crippen LogP contribution >= 0.6 is 7.92 Å². The molecular weight excluding hydrogens is 345 g/mol. The highest BCUT2D eigenvalue weighted by atomic mass is 31.1. The van der Waals surface area contributed by atoms with E-state index in [9.17, 15) is 5.26 Å². The van der Waals surface area contributed by atoms with Crippen molar-refractivity contribution in [3.63, 3.8) is 0 Å². The van der Waals surface area contributed by atoms with E-state index >= 15 is 0 Å². The van der Waals surface area contributed by atoms with Crippen molar-refractivity contribution < 1.29 is 0 Å². The van der Waals surface area contributed by atoms with Crippen molar-refractivity contribution in [2.24, 2.45) is 5.92 Å². The Morgan fingerprint density at radius 3 is 1.96 bits per heavy atom. The van der Waals surface area contributed by atoms with Crippen LogP contribution in [0.5, 0.6) is 0 Å². The summed E-state index contributed by atoms with van der Waals surface area (Å²) in [6.45, 7) is 2.32. The Kier molecular flexibility index (Phi) is 5.19. The van der Waals surface area contributed by atoms with Crippen molar-refractivity contribution in [3.8, 4) is 6.07 Å². The van der Waals surface area contributed by atoms with E-state index in [1.54, 1.807) is 0 Å².